The Morgan fingerprint density at radius 2 is 1.62 bits per heavy atom. The summed E-state index contributed by atoms with van der Waals surface area (Å²) >= 11 is 0. The zero-order valence-corrected chi connectivity index (χ0v) is 12.1. The summed E-state index contributed by atoms with van der Waals surface area (Å²) in [7, 11) is 0. The molecule has 0 aliphatic rings. The van der Waals surface area contributed by atoms with Crippen LogP contribution in [0.25, 0.3) is 22.6 Å². The minimum absolute atomic E-state index is 0.142. The number of hydrogen-bond acceptors (Lipinski definition) is 2. The van der Waals surface area contributed by atoms with Crippen LogP contribution in [-0.4, -0.2) is 9.97 Å². The third kappa shape index (κ3) is 2.77. The fourth-order valence-corrected chi connectivity index (χ4v) is 2.24. The van der Waals surface area contributed by atoms with Gasteiger partial charge in [-0.3, -0.25) is 4.79 Å². The standard InChI is InChI=1S/C18H16N2O/c1-12-8-9-15(10-13(12)2)18-19-16(11-17(21)20-18)14-6-4-3-5-7-14/h3-11H,1-2H3,(H,19,20,21). The van der Waals surface area contributed by atoms with Gasteiger partial charge in [0.15, 0.2) is 0 Å². The third-order valence-electron chi connectivity index (χ3n) is 3.59. The van der Waals surface area contributed by atoms with Crippen molar-refractivity contribution in [3.63, 3.8) is 0 Å². The number of hydrogen-bond donors (Lipinski definition) is 1. The van der Waals surface area contributed by atoms with Crippen LogP contribution in [0.15, 0.2) is 59.4 Å². The predicted molar refractivity (Wildman–Crippen MR) is 85.2 cm³/mol. The average Bonchev–Trinajstić information content (AvgIpc) is 2.50. The number of H-pyrrole nitrogens is 1. The monoisotopic (exact) mass is 276 g/mol. The second kappa shape index (κ2) is 5.37. The highest BCUT2D eigenvalue weighted by Crippen LogP contribution is 2.21. The quantitative estimate of drug-likeness (QED) is 0.775. The van der Waals surface area contributed by atoms with Gasteiger partial charge in [0, 0.05) is 17.2 Å². The lowest BCUT2D eigenvalue weighted by atomic mass is 10.1. The summed E-state index contributed by atoms with van der Waals surface area (Å²) in [6.45, 7) is 4.12. The molecule has 0 atom stereocenters. The molecule has 1 heterocycles. The van der Waals surface area contributed by atoms with Crippen molar-refractivity contribution in [3.8, 4) is 22.6 Å². The topological polar surface area (TPSA) is 45.8 Å². The summed E-state index contributed by atoms with van der Waals surface area (Å²) < 4.78 is 0. The summed E-state index contributed by atoms with van der Waals surface area (Å²) in [5, 5.41) is 0. The molecule has 2 aromatic carbocycles. The van der Waals surface area contributed by atoms with Crippen molar-refractivity contribution in [3.05, 3.63) is 76.1 Å². The van der Waals surface area contributed by atoms with E-state index >= 15 is 0 Å². The predicted octanol–water partition coefficient (Wildman–Crippen LogP) is 3.72. The van der Waals surface area contributed by atoms with Crippen LogP contribution >= 0.6 is 0 Å². The minimum atomic E-state index is -0.142. The van der Waals surface area contributed by atoms with Gasteiger partial charge in [0.05, 0.1) is 5.69 Å². The number of nitrogens with one attached hydrogen (secondary N) is 1. The molecule has 3 heteroatoms. The Hall–Kier alpha value is -2.68. The molecule has 0 saturated carbocycles. The first-order chi connectivity index (χ1) is 10.1. The van der Waals surface area contributed by atoms with E-state index in [2.05, 4.69) is 23.8 Å². The van der Waals surface area contributed by atoms with E-state index in [1.165, 1.54) is 17.2 Å². The molecule has 0 aliphatic carbocycles. The maximum absolute atomic E-state index is 11.9. The molecule has 0 spiro atoms. The van der Waals surface area contributed by atoms with E-state index in [0.717, 1.165) is 11.1 Å². The van der Waals surface area contributed by atoms with Crippen molar-refractivity contribution in [2.45, 2.75) is 13.8 Å². The lowest BCUT2D eigenvalue weighted by molar-refractivity contribution is 1.13. The van der Waals surface area contributed by atoms with Gasteiger partial charge in [-0.05, 0) is 31.0 Å². The molecule has 3 nitrogen and oxygen atoms in total. The summed E-state index contributed by atoms with van der Waals surface area (Å²) in [4.78, 5) is 19.3. The first kappa shape index (κ1) is 13.3. The maximum Gasteiger partial charge on any atom is 0.251 e. The molecule has 21 heavy (non-hydrogen) atoms. The number of aromatic amines is 1. The number of benzene rings is 2. The van der Waals surface area contributed by atoms with Crippen molar-refractivity contribution in [1.29, 1.82) is 0 Å². The SMILES string of the molecule is Cc1ccc(-c2nc(-c3ccccc3)cc(=O)[nH]2)cc1C. The van der Waals surface area contributed by atoms with Gasteiger partial charge in [0.2, 0.25) is 0 Å². The zero-order valence-electron chi connectivity index (χ0n) is 12.1. The molecular formula is C18H16N2O. The van der Waals surface area contributed by atoms with E-state index in [1.807, 2.05) is 48.5 Å². The van der Waals surface area contributed by atoms with E-state index in [0.29, 0.717) is 11.5 Å². The van der Waals surface area contributed by atoms with Gasteiger partial charge >= 0.3 is 0 Å². The third-order valence-corrected chi connectivity index (χ3v) is 3.59. The Bertz CT molecular complexity index is 835. The maximum atomic E-state index is 11.9. The normalized spacial score (nSPS) is 10.6. The van der Waals surface area contributed by atoms with Gasteiger partial charge in [-0.2, -0.15) is 0 Å². The summed E-state index contributed by atoms with van der Waals surface area (Å²) in [6, 6.07) is 17.3. The van der Waals surface area contributed by atoms with E-state index in [9.17, 15) is 4.79 Å². The molecule has 3 aromatic rings. The van der Waals surface area contributed by atoms with Crippen LogP contribution in [0.5, 0.6) is 0 Å². The van der Waals surface area contributed by atoms with Gasteiger partial charge in [-0.25, -0.2) is 4.98 Å². The van der Waals surface area contributed by atoms with Gasteiger partial charge in [0.25, 0.3) is 5.56 Å². The lowest BCUT2D eigenvalue weighted by Gasteiger charge is -2.07. The van der Waals surface area contributed by atoms with Crippen LogP contribution in [0.3, 0.4) is 0 Å². The van der Waals surface area contributed by atoms with Crippen molar-refractivity contribution >= 4 is 0 Å². The van der Waals surface area contributed by atoms with Gasteiger partial charge in [0.1, 0.15) is 5.82 Å². The molecule has 1 aromatic heterocycles. The van der Waals surface area contributed by atoms with Crippen LogP contribution in [0.4, 0.5) is 0 Å². The summed E-state index contributed by atoms with van der Waals surface area (Å²) in [5.74, 6) is 0.601. The molecule has 0 saturated heterocycles. The van der Waals surface area contributed by atoms with Crippen molar-refractivity contribution in [2.75, 3.05) is 0 Å². The minimum Gasteiger partial charge on any atom is -0.306 e. The van der Waals surface area contributed by atoms with E-state index in [1.54, 1.807) is 0 Å². The van der Waals surface area contributed by atoms with Gasteiger partial charge in [-0.15, -0.1) is 0 Å². The number of aryl methyl sites for hydroxylation is 2. The molecule has 0 radical (unpaired) electrons. The zero-order chi connectivity index (χ0) is 14.8. The molecular weight excluding hydrogens is 260 g/mol. The van der Waals surface area contributed by atoms with E-state index in [-0.39, 0.29) is 5.56 Å². The van der Waals surface area contributed by atoms with Crippen LogP contribution in [0, 0.1) is 13.8 Å². The Morgan fingerprint density at radius 1 is 0.857 bits per heavy atom. The van der Waals surface area contributed by atoms with E-state index < -0.39 is 0 Å². The molecule has 1 N–H and O–H groups in total. The van der Waals surface area contributed by atoms with Crippen LogP contribution in [0.1, 0.15) is 11.1 Å². The highest BCUT2D eigenvalue weighted by Gasteiger charge is 2.06. The Kier molecular flexibility index (Phi) is 3.40. The Balaban J connectivity index is 2.14. The van der Waals surface area contributed by atoms with Crippen molar-refractivity contribution in [2.24, 2.45) is 0 Å². The number of aromatic nitrogens is 2. The number of nitrogens with zero attached hydrogens (tertiary/aromatic N) is 1. The molecule has 0 bridgehead atoms. The molecule has 104 valence electrons. The van der Waals surface area contributed by atoms with Gasteiger partial charge < -0.3 is 4.98 Å². The summed E-state index contributed by atoms with van der Waals surface area (Å²) in [6.07, 6.45) is 0. The Labute approximate surface area is 123 Å². The molecule has 3 rings (SSSR count). The molecule has 0 amide bonds. The van der Waals surface area contributed by atoms with Crippen molar-refractivity contribution in [1.82, 2.24) is 9.97 Å². The molecule has 0 unspecified atom stereocenters. The number of rotatable bonds is 2. The fourth-order valence-electron chi connectivity index (χ4n) is 2.24. The van der Waals surface area contributed by atoms with Crippen LogP contribution in [0.2, 0.25) is 0 Å². The smallest absolute Gasteiger partial charge is 0.251 e. The first-order valence-electron chi connectivity index (χ1n) is 6.88. The second-order valence-corrected chi connectivity index (χ2v) is 5.14. The van der Waals surface area contributed by atoms with Crippen molar-refractivity contribution < 1.29 is 0 Å². The van der Waals surface area contributed by atoms with Crippen LogP contribution in [-0.2, 0) is 0 Å². The second-order valence-electron chi connectivity index (χ2n) is 5.14. The highest BCUT2D eigenvalue weighted by atomic mass is 16.1. The van der Waals surface area contributed by atoms with Gasteiger partial charge in [-0.1, -0.05) is 42.5 Å². The lowest BCUT2D eigenvalue weighted by Crippen LogP contribution is -2.08. The van der Waals surface area contributed by atoms with Crippen LogP contribution < -0.4 is 5.56 Å². The Morgan fingerprint density at radius 3 is 2.33 bits per heavy atom. The molecule has 0 aliphatic heterocycles. The first-order valence-corrected chi connectivity index (χ1v) is 6.88. The average molecular weight is 276 g/mol. The van der Waals surface area contributed by atoms with E-state index in [4.69, 9.17) is 0 Å². The summed E-state index contributed by atoms with van der Waals surface area (Å²) in [5.41, 5.74) is 4.81. The highest BCUT2D eigenvalue weighted by molar-refractivity contribution is 5.63. The molecule has 0 fully saturated rings. The largest absolute Gasteiger partial charge is 0.306 e. The fraction of sp³-hybridized carbons (Fsp3) is 0.111.